The maximum Gasteiger partial charge on any atom is 0.177 e. The average molecular weight is 349 g/mol. The largest absolute Gasteiger partial charge is 0.389 e. The number of fused-ring (bicyclic) bond motifs is 1. The predicted octanol–water partition coefficient (Wildman–Crippen LogP) is 1.61. The first-order chi connectivity index (χ1) is 12.6. The van der Waals surface area contributed by atoms with Crippen molar-refractivity contribution in [3.63, 3.8) is 0 Å². The summed E-state index contributed by atoms with van der Waals surface area (Å²) in [5.41, 5.74) is 3.73. The van der Waals surface area contributed by atoms with Crippen molar-refractivity contribution in [1.29, 1.82) is 0 Å². The number of rotatable bonds is 2. The Kier molecular flexibility index (Phi) is 3.42. The molecule has 26 heavy (non-hydrogen) atoms. The second-order valence-corrected chi connectivity index (χ2v) is 8.19. The molecule has 0 amide bonds. The molecule has 5 rings (SSSR count). The van der Waals surface area contributed by atoms with Crippen LogP contribution in [0.3, 0.4) is 0 Å². The Balaban J connectivity index is 1.53. The number of ketones is 1. The van der Waals surface area contributed by atoms with E-state index in [1.54, 1.807) is 0 Å². The molecule has 0 atom stereocenters. The molecule has 1 spiro atoms. The van der Waals surface area contributed by atoms with Crippen molar-refractivity contribution in [2.75, 3.05) is 31.1 Å². The van der Waals surface area contributed by atoms with Crippen molar-refractivity contribution in [2.24, 2.45) is 5.41 Å². The van der Waals surface area contributed by atoms with Gasteiger partial charge in [-0.1, -0.05) is 12.0 Å². The number of hydrogen-bond donors (Lipinski definition) is 1. The van der Waals surface area contributed by atoms with Gasteiger partial charge in [-0.05, 0) is 42.7 Å². The first kappa shape index (κ1) is 15.9. The van der Waals surface area contributed by atoms with Gasteiger partial charge in [0.15, 0.2) is 5.78 Å². The molecule has 0 aromatic carbocycles. The van der Waals surface area contributed by atoms with Crippen LogP contribution in [0.5, 0.6) is 0 Å². The smallest absolute Gasteiger partial charge is 0.177 e. The molecule has 3 fully saturated rings. The zero-order valence-corrected chi connectivity index (χ0v) is 14.9. The van der Waals surface area contributed by atoms with E-state index in [-0.39, 0.29) is 11.9 Å². The lowest BCUT2D eigenvalue weighted by Crippen LogP contribution is -2.51. The monoisotopic (exact) mass is 349 g/mol. The molecular weight excluding hydrogens is 326 g/mol. The normalized spacial score (nSPS) is 24.4. The molecule has 0 unspecified atom stereocenters. The number of aromatic nitrogens is 1. The quantitative estimate of drug-likeness (QED) is 0.822. The SMILES string of the molecule is C#CC1=C(N2CCC3(CC2)CC3)c2nc(N3CC(O)C3)ccc2CC1=O. The standard InChI is InChI=1S/C21H23N3O2/c1-2-16-17(26)11-14-3-4-18(24-12-15(25)13-24)22-19(14)20(16)23-9-7-21(5-6-21)8-10-23/h1,3-4,15,25H,5-13H2. The number of carbonyl (C=O) groups excluding carboxylic acids is 1. The number of Topliss-reactive ketones (excluding diaryl/α,β-unsaturated/α-hetero) is 1. The zero-order chi connectivity index (χ0) is 17.9. The number of pyridine rings is 1. The van der Waals surface area contributed by atoms with Crippen molar-refractivity contribution in [3.05, 3.63) is 29.0 Å². The van der Waals surface area contributed by atoms with Crippen LogP contribution in [0.2, 0.25) is 0 Å². The highest BCUT2D eigenvalue weighted by Gasteiger charge is 2.45. The van der Waals surface area contributed by atoms with E-state index in [4.69, 9.17) is 11.4 Å². The highest BCUT2D eigenvalue weighted by atomic mass is 16.3. The molecule has 2 aliphatic heterocycles. The van der Waals surface area contributed by atoms with Gasteiger partial charge in [0.05, 0.1) is 23.1 Å². The average Bonchev–Trinajstić information content (AvgIpc) is 3.37. The molecule has 4 aliphatic rings. The van der Waals surface area contributed by atoms with E-state index in [9.17, 15) is 9.90 Å². The molecular formula is C21H23N3O2. The number of aliphatic hydroxyl groups excluding tert-OH is 1. The molecule has 5 nitrogen and oxygen atoms in total. The van der Waals surface area contributed by atoms with E-state index >= 15 is 0 Å². The van der Waals surface area contributed by atoms with Gasteiger partial charge in [0.25, 0.3) is 0 Å². The number of piperidine rings is 1. The van der Waals surface area contributed by atoms with Crippen LogP contribution in [0.1, 0.15) is 36.9 Å². The molecule has 1 saturated carbocycles. The van der Waals surface area contributed by atoms with Crippen LogP contribution in [0, 0.1) is 17.8 Å². The molecule has 3 heterocycles. The third-order valence-electron chi connectivity index (χ3n) is 6.48. The Labute approximate surface area is 153 Å². The fourth-order valence-electron chi connectivity index (χ4n) is 4.49. The third-order valence-corrected chi connectivity index (χ3v) is 6.48. The van der Waals surface area contributed by atoms with Crippen molar-refractivity contribution in [1.82, 2.24) is 9.88 Å². The van der Waals surface area contributed by atoms with E-state index in [1.807, 2.05) is 12.1 Å². The number of β-amino-alcohol motifs (C(OH)–C–C–N with tert-alkyl or cyclic N) is 1. The summed E-state index contributed by atoms with van der Waals surface area (Å²) in [6, 6.07) is 3.95. The molecule has 134 valence electrons. The maximum absolute atomic E-state index is 12.6. The Hall–Kier alpha value is -2.32. The topological polar surface area (TPSA) is 56.7 Å². The van der Waals surface area contributed by atoms with Crippen LogP contribution in [0.15, 0.2) is 17.7 Å². The molecule has 0 bridgehead atoms. The number of allylic oxidation sites excluding steroid dienone is 1. The van der Waals surface area contributed by atoms with Crippen LogP contribution < -0.4 is 4.90 Å². The van der Waals surface area contributed by atoms with Gasteiger partial charge in [-0.3, -0.25) is 4.79 Å². The van der Waals surface area contributed by atoms with Crippen molar-refractivity contribution >= 4 is 17.3 Å². The molecule has 1 N–H and O–H groups in total. The lowest BCUT2D eigenvalue weighted by atomic mass is 9.88. The maximum atomic E-state index is 12.6. The van der Waals surface area contributed by atoms with Gasteiger partial charge in [-0.15, -0.1) is 6.42 Å². The van der Waals surface area contributed by atoms with Crippen molar-refractivity contribution in [2.45, 2.75) is 38.2 Å². The number of carbonyl (C=O) groups is 1. The fourth-order valence-corrected chi connectivity index (χ4v) is 4.49. The number of terminal acetylenes is 1. The van der Waals surface area contributed by atoms with Crippen LogP contribution in [-0.2, 0) is 11.2 Å². The van der Waals surface area contributed by atoms with Gasteiger partial charge < -0.3 is 14.9 Å². The van der Waals surface area contributed by atoms with Crippen molar-refractivity contribution in [3.8, 4) is 12.3 Å². The summed E-state index contributed by atoms with van der Waals surface area (Å²) in [5, 5.41) is 9.59. The fraction of sp³-hybridized carbons (Fsp3) is 0.524. The minimum Gasteiger partial charge on any atom is -0.389 e. The summed E-state index contributed by atoms with van der Waals surface area (Å²) in [6.45, 7) is 3.11. The van der Waals surface area contributed by atoms with E-state index in [0.29, 0.717) is 30.5 Å². The lowest BCUT2D eigenvalue weighted by Gasteiger charge is -2.39. The van der Waals surface area contributed by atoms with Gasteiger partial charge in [-0.25, -0.2) is 4.98 Å². The number of anilines is 1. The van der Waals surface area contributed by atoms with Gasteiger partial charge in [0, 0.05) is 32.6 Å². The van der Waals surface area contributed by atoms with E-state index in [2.05, 4.69) is 15.7 Å². The second-order valence-electron chi connectivity index (χ2n) is 8.19. The Morgan fingerprint density at radius 2 is 1.88 bits per heavy atom. The number of hydrogen-bond acceptors (Lipinski definition) is 5. The minimum absolute atomic E-state index is 0.0237. The summed E-state index contributed by atoms with van der Waals surface area (Å²) >= 11 is 0. The summed E-state index contributed by atoms with van der Waals surface area (Å²) in [5.74, 6) is 3.54. The third kappa shape index (κ3) is 2.44. The molecule has 1 aromatic rings. The summed E-state index contributed by atoms with van der Waals surface area (Å²) in [7, 11) is 0. The Bertz CT molecular complexity index is 846. The minimum atomic E-state index is -0.275. The molecule has 5 heteroatoms. The van der Waals surface area contributed by atoms with Gasteiger partial charge in [-0.2, -0.15) is 0 Å². The molecule has 1 aromatic heterocycles. The van der Waals surface area contributed by atoms with Gasteiger partial charge in [0.1, 0.15) is 5.82 Å². The molecule has 2 saturated heterocycles. The summed E-state index contributed by atoms with van der Waals surface area (Å²) in [6.07, 6.45) is 10.8. The summed E-state index contributed by atoms with van der Waals surface area (Å²) < 4.78 is 0. The lowest BCUT2D eigenvalue weighted by molar-refractivity contribution is -0.114. The first-order valence-corrected chi connectivity index (χ1v) is 9.51. The number of nitrogens with zero attached hydrogens (tertiary/aromatic N) is 3. The van der Waals surface area contributed by atoms with Crippen molar-refractivity contribution < 1.29 is 9.90 Å². The van der Waals surface area contributed by atoms with Gasteiger partial charge in [0.2, 0.25) is 0 Å². The van der Waals surface area contributed by atoms with Crippen LogP contribution >= 0.6 is 0 Å². The van der Waals surface area contributed by atoms with Crippen LogP contribution in [0.25, 0.3) is 5.70 Å². The highest BCUT2D eigenvalue weighted by molar-refractivity contribution is 6.09. The Morgan fingerprint density at radius 1 is 1.15 bits per heavy atom. The predicted molar refractivity (Wildman–Crippen MR) is 99.4 cm³/mol. The summed E-state index contributed by atoms with van der Waals surface area (Å²) in [4.78, 5) is 21.8. The van der Waals surface area contributed by atoms with Crippen LogP contribution in [-0.4, -0.2) is 53.1 Å². The Morgan fingerprint density at radius 3 is 2.50 bits per heavy atom. The molecule has 2 aliphatic carbocycles. The van der Waals surface area contributed by atoms with E-state index < -0.39 is 0 Å². The number of likely N-dealkylation sites (tertiary alicyclic amines) is 1. The van der Waals surface area contributed by atoms with Crippen LogP contribution in [0.4, 0.5) is 5.82 Å². The highest BCUT2D eigenvalue weighted by Crippen LogP contribution is 2.54. The van der Waals surface area contributed by atoms with Gasteiger partial charge >= 0.3 is 0 Å². The number of aliphatic hydroxyl groups is 1. The van der Waals surface area contributed by atoms with E-state index in [1.165, 1.54) is 25.7 Å². The molecule has 0 radical (unpaired) electrons. The zero-order valence-electron chi connectivity index (χ0n) is 14.9. The van der Waals surface area contributed by atoms with E-state index in [0.717, 1.165) is 35.9 Å². The second kappa shape index (κ2) is 5.59. The first-order valence-electron chi connectivity index (χ1n) is 9.51.